The molecule has 0 bridgehead atoms. The van der Waals surface area contributed by atoms with Crippen LogP contribution in [0.3, 0.4) is 0 Å². The lowest BCUT2D eigenvalue weighted by Crippen LogP contribution is -2.36. The molecule has 0 aromatic carbocycles. The summed E-state index contributed by atoms with van der Waals surface area (Å²) < 4.78 is 0. The first-order valence-electron chi connectivity index (χ1n) is 6.90. The van der Waals surface area contributed by atoms with Gasteiger partial charge in [-0.15, -0.1) is 0 Å². The second kappa shape index (κ2) is 6.18. The number of hydrogen-bond acceptors (Lipinski definition) is 3. The molecule has 0 aromatic rings. The van der Waals surface area contributed by atoms with Gasteiger partial charge in [-0.25, -0.2) is 0 Å². The van der Waals surface area contributed by atoms with Gasteiger partial charge >= 0.3 is 5.97 Å². The van der Waals surface area contributed by atoms with E-state index in [2.05, 4.69) is 4.90 Å². The molecule has 1 atom stereocenters. The van der Waals surface area contributed by atoms with Crippen LogP contribution < -0.4 is 0 Å². The summed E-state index contributed by atoms with van der Waals surface area (Å²) in [5.74, 6) is -1.35. The van der Waals surface area contributed by atoms with Gasteiger partial charge in [0.1, 0.15) is 0 Å². The Morgan fingerprint density at radius 1 is 1.17 bits per heavy atom. The number of amides is 1. The molecule has 2 heterocycles. The topological polar surface area (TPSA) is 60.9 Å². The Bertz CT molecular complexity index is 311. The third kappa shape index (κ3) is 3.45. The summed E-state index contributed by atoms with van der Waals surface area (Å²) >= 11 is 0. The molecule has 2 saturated heterocycles. The molecule has 102 valence electrons. The van der Waals surface area contributed by atoms with Gasteiger partial charge in [0.2, 0.25) is 5.91 Å². The smallest absolute Gasteiger partial charge is 0.308 e. The van der Waals surface area contributed by atoms with E-state index in [0.29, 0.717) is 13.1 Å². The number of rotatable bonds is 4. The molecular formula is C13H22N2O3. The van der Waals surface area contributed by atoms with Crippen molar-refractivity contribution in [3.8, 4) is 0 Å². The Morgan fingerprint density at radius 3 is 2.39 bits per heavy atom. The summed E-state index contributed by atoms with van der Waals surface area (Å²) in [5, 5.41) is 8.91. The van der Waals surface area contributed by atoms with E-state index in [0.717, 1.165) is 19.6 Å². The predicted octanol–water partition coefficient (Wildman–Crippen LogP) is 0.795. The van der Waals surface area contributed by atoms with E-state index >= 15 is 0 Å². The summed E-state index contributed by atoms with van der Waals surface area (Å²) in [6.45, 7) is 4.19. The summed E-state index contributed by atoms with van der Waals surface area (Å²) in [7, 11) is 0. The van der Waals surface area contributed by atoms with Gasteiger partial charge in [0, 0.05) is 26.1 Å². The minimum Gasteiger partial charge on any atom is -0.481 e. The van der Waals surface area contributed by atoms with E-state index in [1.165, 1.54) is 25.7 Å². The van der Waals surface area contributed by atoms with Gasteiger partial charge in [0.05, 0.1) is 5.92 Å². The SMILES string of the molecule is O=C(O)C1CC(=O)N(CCN2CCCCCC2)C1. The molecule has 0 radical (unpaired) electrons. The molecular weight excluding hydrogens is 232 g/mol. The molecule has 2 rings (SSSR count). The van der Waals surface area contributed by atoms with Crippen LogP contribution in [0, 0.1) is 5.92 Å². The molecule has 2 fully saturated rings. The molecule has 0 aromatic heterocycles. The van der Waals surface area contributed by atoms with Crippen LogP contribution in [0.25, 0.3) is 0 Å². The molecule has 5 nitrogen and oxygen atoms in total. The minimum absolute atomic E-state index is 0.00257. The highest BCUT2D eigenvalue weighted by atomic mass is 16.4. The van der Waals surface area contributed by atoms with Gasteiger partial charge in [-0.3, -0.25) is 9.59 Å². The highest BCUT2D eigenvalue weighted by Crippen LogP contribution is 2.18. The second-order valence-corrected chi connectivity index (χ2v) is 5.33. The summed E-state index contributed by atoms with van der Waals surface area (Å²) in [6.07, 6.45) is 5.27. The number of nitrogens with zero attached hydrogens (tertiary/aromatic N) is 2. The zero-order valence-corrected chi connectivity index (χ0v) is 10.8. The van der Waals surface area contributed by atoms with E-state index in [4.69, 9.17) is 5.11 Å². The quantitative estimate of drug-likeness (QED) is 0.806. The Hall–Kier alpha value is -1.10. The van der Waals surface area contributed by atoms with E-state index in [-0.39, 0.29) is 12.3 Å². The molecule has 2 aliphatic heterocycles. The fraction of sp³-hybridized carbons (Fsp3) is 0.846. The van der Waals surface area contributed by atoms with Gasteiger partial charge in [0.15, 0.2) is 0 Å². The van der Waals surface area contributed by atoms with E-state index in [9.17, 15) is 9.59 Å². The maximum Gasteiger partial charge on any atom is 0.308 e. The monoisotopic (exact) mass is 254 g/mol. The van der Waals surface area contributed by atoms with Crippen molar-refractivity contribution in [3.63, 3.8) is 0 Å². The van der Waals surface area contributed by atoms with Crippen LogP contribution in [0.5, 0.6) is 0 Å². The third-order valence-corrected chi connectivity index (χ3v) is 3.95. The lowest BCUT2D eigenvalue weighted by atomic mass is 10.1. The van der Waals surface area contributed by atoms with Crippen molar-refractivity contribution < 1.29 is 14.7 Å². The Kier molecular flexibility index (Phi) is 4.58. The van der Waals surface area contributed by atoms with E-state index < -0.39 is 11.9 Å². The lowest BCUT2D eigenvalue weighted by molar-refractivity contribution is -0.141. The molecule has 2 aliphatic rings. The van der Waals surface area contributed by atoms with Gasteiger partial charge in [-0.1, -0.05) is 12.8 Å². The van der Waals surface area contributed by atoms with Crippen LogP contribution in [0.15, 0.2) is 0 Å². The maximum absolute atomic E-state index is 11.7. The number of carboxylic acid groups (broad SMARTS) is 1. The van der Waals surface area contributed by atoms with Crippen LogP contribution in [0.4, 0.5) is 0 Å². The number of carbonyl (C=O) groups is 2. The molecule has 0 aliphatic carbocycles. The first-order chi connectivity index (χ1) is 8.66. The number of carboxylic acids is 1. The average Bonchev–Trinajstić information content (AvgIpc) is 2.56. The lowest BCUT2D eigenvalue weighted by Gasteiger charge is -2.23. The number of hydrogen-bond donors (Lipinski definition) is 1. The van der Waals surface area contributed by atoms with Crippen molar-refractivity contribution in [1.82, 2.24) is 9.80 Å². The Balaban J connectivity index is 1.76. The molecule has 0 spiro atoms. The minimum atomic E-state index is -0.847. The first kappa shape index (κ1) is 13.3. The molecule has 1 unspecified atom stereocenters. The highest BCUT2D eigenvalue weighted by molar-refractivity contribution is 5.86. The highest BCUT2D eigenvalue weighted by Gasteiger charge is 2.33. The van der Waals surface area contributed by atoms with Crippen LogP contribution in [0.2, 0.25) is 0 Å². The van der Waals surface area contributed by atoms with Crippen molar-refractivity contribution in [1.29, 1.82) is 0 Å². The fourth-order valence-corrected chi connectivity index (χ4v) is 2.78. The van der Waals surface area contributed by atoms with Crippen molar-refractivity contribution in [2.24, 2.45) is 5.92 Å². The van der Waals surface area contributed by atoms with Gasteiger partial charge in [0.25, 0.3) is 0 Å². The number of aliphatic carboxylic acids is 1. The van der Waals surface area contributed by atoms with Crippen molar-refractivity contribution >= 4 is 11.9 Å². The molecule has 0 saturated carbocycles. The van der Waals surface area contributed by atoms with Gasteiger partial charge in [-0.05, 0) is 25.9 Å². The molecule has 1 amide bonds. The standard InChI is InChI=1S/C13H22N2O3/c16-12-9-11(13(17)18)10-15(12)8-7-14-5-3-1-2-4-6-14/h11H,1-10H2,(H,17,18). The normalized spacial score (nSPS) is 26.3. The molecule has 1 N–H and O–H groups in total. The summed E-state index contributed by atoms with van der Waals surface area (Å²) in [4.78, 5) is 26.6. The van der Waals surface area contributed by atoms with E-state index in [1.54, 1.807) is 4.90 Å². The van der Waals surface area contributed by atoms with Gasteiger partial charge < -0.3 is 14.9 Å². The second-order valence-electron chi connectivity index (χ2n) is 5.33. The van der Waals surface area contributed by atoms with Crippen LogP contribution in [0.1, 0.15) is 32.1 Å². The predicted molar refractivity (Wildman–Crippen MR) is 67.2 cm³/mol. The first-order valence-corrected chi connectivity index (χ1v) is 6.90. The number of likely N-dealkylation sites (tertiary alicyclic amines) is 2. The molecule has 18 heavy (non-hydrogen) atoms. The molecule has 5 heteroatoms. The van der Waals surface area contributed by atoms with Crippen LogP contribution in [-0.2, 0) is 9.59 Å². The summed E-state index contributed by atoms with van der Waals surface area (Å²) in [6, 6.07) is 0. The van der Waals surface area contributed by atoms with Gasteiger partial charge in [-0.2, -0.15) is 0 Å². The van der Waals surface area contributed by atoms with Crippen LogP contribution in [-0.4, -0.2) is 59.5 Å². The average molecular weight is 254 g/mol. The fourth-order valence-electron chi connectivity index (χ4n) is 2.78. The zero-order valence-electron chi connectivity index (χ0n) is 10.8. The third-order valence-electron chi connectivity index (χ3n) is 3.95. The Labute approximate surface area is 108 Å². The maximum atomic E-state index is 11.7. The number of carbonyl (C=O) groups excluding carboxylic acids is 1. The van der Waals surface area contributed by atoms with Crippen molar-refractivity contribution in [2.45, 2.75) is 32.1 Å². The summed E-state index contributed by atoms with van der Waals surface area (Å²) in [5.41, 5.74) is 0. The largest absolute Gasteiger partial charge is 0.481 e. The van der Waals surface area contributed by atoms with Crippen molar-refractivity contribution in [3.05, 3.63) is 0 Å². The van der Waals surface area contributed by atoms with Crippen molar-refractivity contribution in [2.75, 3.05) is 32.7 Å². The van der Waals surface area contributed by atoms with E-state index in [1.807, 2.05) is 0 Å². The Morgan fingerprint density at radius 2 is 1.83 bits per heavy atom. The zero-order chi connectivity index (χ0) is 13.0. The van der Waals surface area contributed by atoms with Crippen LogP contribution >= 0.6 is 0 Å².